The first-order valence-electron chi connectivity index (χ1n) is 12.1. The lowest BCUT2D eigenvalue weighted by atomic mass is 10.1. The summed E-state index contributed by atoms with van der Waals surface area (Å²) < 4.78 is 12.9. The molecule has 0 saturated carbocycles. The zero-order valence-corrected chi connectivity index (χ0v) is 22.0. The van der Waals surface area contributed by atoms with Crippen molar-refractivity contribution in [1.82, 2.24) is 14.3 Å². The van der Waals surface area contributed by atoms with E-state index in [2.05, 4.69) is 47.2 Å². The Morgan fingerprint density at radius 3 is 2.35 bits per heavy atom. The number of fused-ring (bicyclic) bond motifs is 1. The van der Waals surface area contributed by atoms with E-state index in [1.54, 1.807) is 43.8 Å². The second kappa shape index (κ2) is 10.9. The van der Waals surface area contributed by atoms with E-state index < -0.39 is 0 Å². The summed E-state index contributed by atoms with van der Waals surface area (Å²) in [5.41, 5.74) is 6.01. The number of aryl methyl sites for hydroxylation is 1. The number of hydrogen-bond acceptors (Lipinski definition) is 5. The van der Waals surface area contributed by atoms with Gasteiger partial charge in [0, 0.05) is 54.0 Å². The maximum Gasteiger partial charge on any atom is 0.254 e. The van der Waals surface area contributed by atoms with Gasteiger partial charge in [0.25, 0.3) is 5.91 Å². The van der Waals surface area contributed by atoms with Gasteiger partial charge in [-0.15, -0.1) is 11.3 Å². The predicted octanol–water partition coefficient (Wildman–Crippen LogP) is 6.27. The first-order chi connectivity index (χ1) is 18.0. The van der Waals surface area contributed by atoms with Gasteiger partial charge in [-0.2, -0.15) is 0 Å². The quantitative estimate of drug-likeness (QED) is 0.234. The van der Waals surface area contributed by atoms with Gasteiger partial charge < -0.3 is 14.4 Å². The molecule has 0 fully saturated rings. The molecule has 6 nitrogen and oxygen atoms in total. The van der Waals surface area contributed by atoms with Crippen LogP contribution < -0.4 is 9.47 Å². The number of imidazole rings is 1. The number of ether oxygens (including phenoxy) is 2. The Morgan fingerprint density at radius 2 is 1.68 bits per heavy atom. The molecule has 0 saturated heterocycles. The fraction of sp³-hybridized carbons (Fsp3) is 0.200. The van der Waals surface area contributed by atoms with Crippen LogP contribution in [-0.4, -0.2) is 41.0 Å². The monoisotopic (exact) mass is 511 g/mol. The minimum Gasteiger partial charge on any atom is -0.497 e. The molecule has 7 heteroatoms. The fourth-order valence-corrected chi connectivity index (χ4v) is 5.20. The highest BCUT2D eigenvalue weighted by Gasteiger charge is 2.19. The number of rotatable bonds is 9. The van der Waals surface area contributed by atoms with E-state index in [0.717, 1.165) is 27.5 Å². The van der Waals surface area contributed by atoms with E-state index in [-0.39, 0.29) is 5.91 Å². The molecule has 2 heterocycles. The van der Waals surface area contributed by atoms with Crippen molar-refractivity contribution in [3.05, 3.63) is 107 Å². The van der Waals surface area contributed by atoms with Crippen molar-refractivity contribution >= 4 is 22.2 Å². The number of carbonyl (C=O) groups excluding carboxylic acids is 1. The smallest absolute Gasteiger partial charge is 0.254 e. The van der Waals surface area contributed by atoms with E-state index in [9.17, 15) is 4.79 Å². The molecule has 2 aromatic heterocycles. The van der Waals surface area contributed by atoms with E-state index in [1.807, 2.05) is 35.2 Å². The van der Waals surface area contributed by atoms with E-state index in [4.69, 9.17) is 14.5 Å². The molecule has 1 amide bonds. The average Bonchev–Trinajstić information content (AvgIpc) is 3.52. The van der Waals surface area contributed by atoms with Crippen LogP contribution in [0.3, 0.4) is 0 Å². The number of aromatic nitrogens is 2. The maximum atomic E-state index is 13.7. The van der Waals surface area contributed by atoms with Crippen molar-refractivity contribution in [2.75, 3.05) is 20.8 Å². The average molecular weight is 512 g/mol. The maximum absolute atomic E-state index is 13.7. The Morgan fingerprint density at radius 1 is 0.973 bits per heavy atom. The molecule has 37 heavy (non-hydrogen) atoms. The van der Waals surface area contributed by atoms with Crippen LogP contribution in [0.5, 0.6) is 11.5 Å². The highest BCUT2D eigenvalue weighted by molar-refractivity contribution is 7.15. The van der Waals surface area contributed by atoms with E-state index in [1.165, 1.54) is 5.56 Å². The second-order valence-electron chi connectivity index (χ2n) is 8.94. The third-order valence-electron chi connectivity index (χ3n) is 6.37. The van der Waals surface area contributed by atoms with Gasteiger partial charge in [0.2, 0.25) is 0 Å². The van der Waals surface area contributed by atoms with Crippen LogP contribution in [0, 0.1) is 6.92 Å². The first-order valence-corrected chi connectivity index (χ1v) is 13.0. The molecule has 0 aliphatic rings. The molecule has 0 unspecified atom stereocenters. The normalized spacial score (nSPS) is 11.0. The molecule has 0 radical (unpaired) electrons. The molecule has 0 aliphatic heterocycles. The first kappa shape index (κ1) is 24.6. The number of amides is 1. The standard InChI is InChI=1S/C30H29N3O3S/c1-21-9-11-23(12-10-21)28-19-33-25(20-37-30(33)31-28)13-14-32(18-22-7-5-4-6-8-22)29(34)24-15-26(35-2)17-27(16-24)36-3/h4-12,15-17,19-20H,13-14,18H2,1-3H3. The van der Waals surface area contributed by atoms with E-state index in [0.29, 0.717) is 36.6 Å². The zero-order chi connectivity index (χ0) is 25.8. The Bertz CT molecular complexity index is 1480. The van der Waals surface area contributed by atoms with Gasteiger partial charge in [-0.3, -0.25) is 9.20 Å². The summed E-state index contributed by atoms with van der Waals surface area (Å²) in [4.78, 5) is 21.4. The van der Waals surface area contributed by atoms with Crippen LogP contribution in [0.2, 0.25) is 0 Å². The molecule has 0 atom stereocenters. The zero-order valence-electron chi connectivity index (χ0n) is 21.2. The molecule has 0 aliphatic carbocycles. The van der Waals surface area contributed by atoms with Crippen LogP contribution in [0.4, 0.5) is 0 Å². The SMILES string of the molecule is COc1cc(OC)cc(C(=O)N(CCc2csc3nc(-c4ccc(C)cc4)cn23)Cc2ccccc2)c1. The van der Waals surface area contributed by atoms with Gasteiger partial charge >= 0.3 is 0 Å². The molecular formula is C30H29N3O3S. The summed E-state index contributed by atoms with van der Waals surface area (Å²) in [5.74, 6) is 1.10. The van der Waals surface area contributed by atoms with Crippen molar-refractivity contribution in [3.8, 4) is 22.8 Å². The topological polar surface area (TPSA) is 56.1 Å². The van der Waals surface area contributed by atoms with Crippen LogP contribution in [-0.2, 0) is 13.0 Å². The Kier molecular flexibility index (Phi) is 7.23. The number of carbonyl (C=O) groups is 1. The van der Waals surface area contributed by atoms with Crippen LogP contribution >= 0.6 is 11.3 Å². The lowest BCUT2D eigenvalue weighted by Gasteiger charge is -2.23. The van der Waals surface area contributed by atoms with Crippen molar-refractivity contribution in [2.45, 2.75) is 19.9 Å². The number of methoxy groups -OCH3 is 2. The van der Waals surface area contributed by atoms with Crippen LogP contribution in [0.15, 0.2) is 84.4 Å². The molecule has 0 bridgehead atoms. The lowest BCUT2D eigenvalue weighted by Crippen LogP contribution is -2.32. The minimum absolute atomic E-state index is 0.0708. The Hall–Kier alpha value is -4.10. The van der Waals surface area contributed by atoms with E-state index >= 15 is 0 Å². The third-order valence-corrected chi connectivity index (χ3v) is 7.26. The van der Waals surface area contributed by atoms with Crippen molar-refractivity contribution in [1.29, 1.82) is 0 Å². The van der Waals surface area contributed by atoms with Crippen LogP contribution in [0.25, 0.3) is 16.2 Å². The molecule has 0 spiro atoms. The van der Waals surface area contributed by atoms with Crippen molar-refractivity contribution in [3.63, 3.8) is 0 Å². The second-order valence-corrected chi connectivity index (χ2v) is 9.77. The highest BCUT2D eigenvalue weighted by atomic mass is 32.1. The molecule has 0 N–H and O–H groups in total. The number of thiazole rings is 1. The van der Waals surface area contributed by atoms with Gasteiger partial charge in [-0.05, 0) is 24.6 Å². The number of nitrogens with zero attached hydrogens (tertiary/aromatic N) is 3. The van der Waals surface area contributed by atoms with Crippen LogP contribution in [0.1, 0.15) is 27.2 Å². The van der Waals surface area contributed by atoms with Crippen molar-refractivity contribution < 1.29 is 14.3 Å². The summed E-state index contributed by atoms with van der Waals surface area (Å²) in [5, 5.41) is 2.13. The Balaban J connectivity index is 1.41. The highest BCUT2D eigenvalue weighted by Crippen LogP contribution is 2.26. The molecule has 5 aromatic rings. The summed E-state index contributed by atoms with van der Waals surface area (Å²) in [6.45, 7) is 3.14. The number of hydrogen-bond donors (Lipinski definition) is 0. The Labute approximate surface area is 220 Å². The van der Waals surface area contributed by atoms with Gasteiger partial charge in [0.05, 0.1) is 19.9 Å². The predicted molar refractivity (Wildman–Crippen MR) is 148 cm³/mol. The number of benzene rings is 3. The largest absolute Gasteiger partial charge is 0.497 e. The summed E-state index contributed by atoms with van der Waals surface area (Å²) >= 11 is 1.62. The van der Waals surface area contributed by atoms with Gasteiger partial charge in [-0.25, -0.2) is 4.98 Å². The molecule has 188 valence electrons. The summed E-state index contributed by atoms with van der Waals surface area (Å²) in [7, 11) is 3.17. The van der Waals surface area contributed by atoms with Gasteiger partial charge in [0.15, 0.2) is 4.96 Å². The summed E-state index contributed by atoms with van der Waals surface area (Å²) in [6, 6.07) is 23.7. The summed E-state index contributed by atoms with van der Waals surface area (Å²) in [6.07, 6.45) is 2.78. The minimum atomic E-state index is -0.0708. The molecule has 5 rings (SSSR count). The lowest BCUT2D eigenvalue weighted by molar-refractivity contribution is 0.0744. The van der Waals surface area contributed by atoms with Gasteiger partial charge in [0.1, 0.15) is 11.5 Å². The fourth-order valence-electron chi connectivity index (χ4n) is 4.29. The van der Waals surface area contributed by atoms with Gasteiger partial charge in [-0.1, -0.05) is 60.2 Å². The molecule has 3 aromatic carbocycles. The molecular weight excluding hydrogens is 482 g/mol. The third kappa shape index (κ3) is 5.52. The van der Waals surface area contributed by atoms with Crippen molar-refractivity contribution in [2.24, 2.45) is 0 Å².